The lowest BCUT2D eigenvalue weighted by Gasteiger charge is -2.34. The normalized spacial score (nSPS) is 21.0. The molecule has 144 valence electrons. The Balaban J connectivity index is 1.76. The number of carbonyl (C=O) groups excluding carboxylic acids is 1. The number of morpholine rings is 1. The number of hydrogen-bond acceptors (Lipinski definition) is 5. The lowest BCUT2D eigenvalue weighted by Crippen LogP contribution is -2.48. The van der Waals surface area contributed by atoms with E-state index in [2.05, 4.69) is 10.3 Å². The lowest BCUT2D eigenvalue weighted by atomic mass is 10.2. The number of benzene rings is 1. The van der Waals surface area contributed by atoms with E-state index in [1.807, 2.05) is 13.8 Å². The summed E-state index contributed by atoms with van der Waals surface area (Å²) in [5.74, 6) is -0.400. The Labute approximate surface area is 163 Å². The van der Waals surface area contributed by atoms with Gasteiger partial charge in [-0.3, -0.25) is 4.79 Å². The van der Waals surface area contributed by atoms with E-state index in [1.54, 1.807) is 12.1 Å². The summed E-state index contributed by atoms with van der Waals surface area (Å²) in [6.07, 6.45) is 1.18. The summed E-state index contributed by atoms with van der Waals surface area (Å²) in [5.41, 5.74) is 0.703. The van der Waals surface area contributed by atoms with Crippen LogP contribution in [0.4, 0.5) is 5.69 Å². The lowest BCUT2D eigenvalue weighted by molar-refractivity contribution is -0.0440. The molecule has 2 heterocycles. The number of anilines is 1. The minimum atomic E-state index is -3.65. The Hall–Kier alpha value is -2.00. The van der Waals surface area contributed by atoms with E-state index in [-0.39, 0.29) is 22.3 Å². The number of ether oxygens (including phenoxy) is 1. The number of nitrogens with one attached hydrogen (secondary N) is 1. The Bertz CT molecular complexity index is 924. The maximum absolute atomic E-state index is 12.8. The SMILES string of the molecule is C[C@@H]1CN(S(=O)(=O)c2ccc(C(=O)Nc3cccnc3Cl)cc2)C[C@H](C)O1. The van der Waals surface area contributed by atoms with Crippen molar-refractivity contribution in [2.45, 2.75) is 31.0 Å². The molecule has 3 rings (SSSR count). The zero-order valence-electron chi connectivity index (χ0n) is 14.9. The molecule has 1 N–H and O–H groups in total. The third kappa shape index (κ3) is 4.47. The van der Waals surface area contributed by atoms with Crippen LogP contribution in [-0.2, 0) is 14.8 Å². The summed E-state index contributed by atoms with van der Waals surface area (Å²) >= 11 is 5.93. The molecule has 9 heteroatoms. The van der Waals surface area contributed by atoms with Crippen LogP contribution in [0.1, 0.15) is 24.2 Å². The molecular weight excluding hydrogens is 390 g/mol. The van der Waals surface area contributed by atoms with Gasteiger partial charge in [-0.15, -0.1) is 0 Å². The number of pyridine rings is 1. The predicted molar refractivity (Wildman–Crippen MR) is 102 cm³/mol. The zero-order chi connectivity index (χ0) is 19.6. The molecular formula is C18H20ClN3O4S. The van der Waals surface area contributed by atoms with E-state index in [1.165, 1.54) is 34.8 Å². The highest BCUT2D eigenvalue weighted by molar-refractivity contribution is 7.89. The second-order valence-corrected chi connectivity index (χ2v) is 8.70. The van der Waals surface area contributed by atoms with Crippen LogP contribution in [0, 0.1) is 0 Å². The Morgan fingerprint density at radius 1 is 1.19 bits per heavy atom. The summed E-state index contributed by atoms with van der Waals surface area (Å²) in [5, 5.41) is 2.83. The van der Waals surface area contributed by atoms with E-state index in [0.29, 0.717) is 24.3 Å². The van der Waals surface area contributed by atoms with Crippen molar-refractivity contribution in [3.63, 3.8) is 0 Å². The van der Waals surface area contributed by atoms with Crippen molar-refractivity contribution >= 4 is 33.2 Å². The molecule has 1 amide bonds. The highest BCUT2D eigenvalue weighted by atomic mass is 35.5. The van der Waals surface area contributed by atoms with Gasteiger partial charge in [0.15, 0.2) is 5.15 Å². The van der Waals surface area contributed by atoms with Crippen molar-refractivity contribution in [2.75, 3.05) is 18.4 Å². The van der Waals surface area contributed by atoms with Gasteiger partial charge in [0.2, 0.25) is 10.0 Å². The van der Waals surface area contributed by atoms with Crippen molar-refractivity contribution in [3.05, 3.63) is 53.3 Å². The van der Waals surface area contributed by atoms with Crippen molar-refractivity contribution in [1.29, 1.82) is 0 Å². The first-order chi connectivity index (χ1) is 12.8. The van der Waals surface area contributed by atoms with E-state index in [0.717, 1.165) is 0 Å². The van der Waals surface area contributed by atoms with Gasteiger partial charge in [-0.05, 0) is 50.2 Å². The number of aromatic nitrogens is 1. The van der Waals surface area contributed by atoms with Crippen molar-refractivity contribution in [3.8, 4) is 0 Å². The molecule has 0 aliphatic carbocycles. The molecule has 7 nitrogen and oxygen atoms in total. The molecule has 1 saturated heterocycles. The van der Waals surface area contributed by atoms with Crippen LogP contribution in [-0.4, -0.2) is 48.9 Å². The first-order valence-corrected chi connectivity index (χ1v) is 10.3. The summed E-state index contributed by atoms with van der Waals surface area (Å²) < 4.78 is 32.7. The van der Waals surface area contributed by atoms with E-state index in [4.69, 9.17) is 16.3 Å². The molecule has 1 aliphatic rings. The fourth-order valence-electron chi connectivity index (χ4n) is 2.93. The summed E-state index contributed by atoms with van der Waals surface area (Å²) in [6, 6.07) is 9.09. The first-order valence-electron chi connectivity index (χ1n) is 8.45. The Morgan fingerprint density at radius 2 is 1.81 bits per heavy atom. The second kappa shape index (κ2) is 7.93. The molecule has 2 aromatic rings. The predicted octanol–water partition coefficient (Wildman–Crippen LogP) is 2.79. The Kier molecular flexibility index (Phi) is 5.81. The number of halogens is 1. The molecule has 1 aromatic heterocycles. The molecule has 2 atom stereocenters. The number of sulfonamides is 1. The van der Waals surface area contributed by atoms with Gasteiger partial charge < -0.3 is 10.1 Å². The van der Waals surface area contributed by atoms with Gasteiger partial charge in [0.25, 0.3) is 5.91 Å². The molecule has 1 aliphatic heterocycles. The molecule has 1 aromatic carbocycles. The molecule has 0 radical (unpaired) electrons. The maximum Gasteiger partial charge on any atom is 0.255 e. The summed E-state index contributed by atoms with van der Waals surface area (Å²) in [7, 11) is -3.65. The van der Waals surface area contributed by atoms with Gasteiger partial charge in [-0.2, -0.15) is 4.31 Å². The van der Waals surface area contributed by atoms with Gasteiger partial charge >= 0.3 is 0 Å². The third-order valence-electron chi connectivity index (χ3n) is 4.15. The first kappa shape index (κ1) is 19.8. The molecule has 0 saturated carbocycles. The van der Waals surface area contributed by atoms with Gasteiger partial charge in [-0.25, -0.2) is 13.4 Å². The van der Waals surface area contributed by atoms with E-state index in [9.17, 15) is 13.2 Å². The van der Waals surface area contributed by atoms with Crippen LogP contribution < -0.4 is 5.32 Å². The second-order valence-electron chi connectivity index (χ2n) is 6.40. The topological polar surface area (TPSA) is 88.6 Å². The highest BCUT2D eigenvalue weighted by Crippen LogP contribution is 2.22. The monoisotopic (exact) mass is 409 g/mol. The van der Waals surface area contributed by atoms with E-state index >= 15 is 0 Å². The number of hydrogen-bond donors (Lipinski definition) is 1. The maximum atomic E-state index is 12.8. The molecule has 0 unspecified atom stereocenters. The number of nitrogens with zero attached hydrogens (tertiary/aromatic N) is 2. The van der Waals surface area contributed by atoms with E-state index < -0.39 is 15.9 Å². The average molecular weight is 410 g/mol. The number of amides is 1. The minimum absolute atomic E-state index is 0.139. The van der Waals surface area contributed by atoms with Gasteiger partial charge in [0.1, 0.15) is 0 Å². The highest BCUT2D eigenvalue weighted by Gasteiger charge is 2.32. The van der Waals surface area contributed by atoms with Crippen molar-refractivity contribution < 1.29 is 17.9 Å². The molecule has 1 fully saturated rings. The van der Waals surface area contributed by atoms with Gasteiger partial charge in [0.05, 0.1) is 22.8 Å². The summed E-state index contributed by atoms with van der Waals surface area (Å²) in [4.78, 5) is 16.4. The smallest absolute Gasteiger partial charge is 0.255 e. The van der Waals surface area contributed by atoms with Gasteiger partial charge in [-0.1, -0.05) is 11.6 Å². The van der Waals surface area contributed by atoms with Gasteiger partial charge in [0, 0.05) is 24.8 Å². The average Bonchev–Trinajstić information content (AvgIpc) is 2.63. The molecule has 0 spiro atoms. The van der Waals surface area contributed by atoms with Crippen LogP contribution >= 0.6 is 11.6 Å². The standard InChI is InChI=1S/C18H20ClN3O4S/c1-12-10-22(11-13(2)26-12)27(24,25)15-7-5-14(6-8-15)18(23)21-16-4-3-9-20-17(16)19/h3-9,12-13H,10-11H2,1-2H3,(H,21,23)/t12-,13+. The molecule has 27 heavy (non-hydrogen) atoms. The zero-order valence-corrected chi connectivity index (χ0v) is 16.5. The van der Waals surface area contributed by atoms with Crippen LogP contribution in [0.3, 0.4) is 0 Å². The summed E-state index contributed by atoms with van der Waals surface area (Å²) in [6.45, 7) is 4.28. The quantitative estimate of drug-likeness (QED) is 0.784. The fraction of sp³-hybridized carbons (Fsp3) is 0.333. The number of rotatable bonds is 4. The molecule has 0 bridgehead atoms. The number of carbonyl (C=O) groups is 1. The fourth-order valence-corrected chi connectivity index (χ4v) is 4.69. The van der Waals surface area contributed by atoms with Crippen LogP contribution in [0.2, 0.25) is 5.15 Å². The van der Waals surface area contributed by atoms with Crippen molar-refractivity contribution in [1.82, 2.24) is 9.29 Å². The largest absolute Gasteiger partial charge is 0.373 e. The van der Waals surface area contributed by atoms with Crippen molar-refractivity contribution in [2.24, 2.45) is 0 Å². The Morgan fingerprint density at radius 3 is 2.41 bits per heavy atom. The third-order valence-corrected chi connectivity index (χ3v) is 6.29. The van der Waals surface area contributed by atoms with Crippen LogP contribution in [0.5, 0.6) is 0 Å². The van der Waals surface area contributed by atoms with Crippen LogP contribution in [0.15, 0.2) is 47.5 Å². The minimum Gasteiger partial charge on any atom is -0.373 e. The van der Waals surface area contributed by atoms with Crippen LogP contribution in [0.25, 0.3) is 0 Å².